The van der Waals surface area contributed by atoms with Gasteiger partial charge >= 0.3 is 0 Å². The van der Waals surface area contributed by atoms with Gasteiger partial charge < -0.3 is 9.64 Å². The zero-order valence-electron chi connectivity index (χ0n) is 15.7. The van der Waals surface area contributed by atoms with Crippen LogP contribution in [0, 0.1) is 13.8 Å². The quantitative estimate of drug-likeness (QED) is 0.874. The minimum atomic E-state index is -3.69. The number of benzene rings is 2. The van der Waals surface area contributed by atoms with Crippen LogP contribution < -0.4 is 4.72 Å². The molecule has 1 N–H and O–H groups in total. The normalized spacial score (nSPS) is 17.6. The third kappa shape index (κ3) is 4.48. The summed E-state index contributed by atoms with van der Waals surface area (Å²) in [6, 6.07) is 11.8. The number of anilines is 1. The van der Waals surface area contributed by atoms with Crippen LogP contribution in [0.2, 0.25) is 0 Å². The smallest absolute Gasteiger partial charge is 0.262 e. The lowest BCUT2D eigenvalue weighted by molar-refractivity contribution is -0.0124. The van der Waals surface area contributed by atoms with Crippen molar-refractivity contribution in [3.8, 4) is 0 Å². The molecule has 2 aromatic rings. The SMILES string of the molecule is Cc1ccc(C)c(S(=O)(=O)Nc2ccc(C(=O)N3CCOC(C)C3)cc2)c1. The second kappa shape index (κ2) is 7.70. The number of nitrogens with one attached hydrogen (secondary N) is 1. The van der Waals surface area contributed by atoms with Crippen molar-refractivity contribution in [3.63, 3.8) is 0 Å². The van der Waals surface area contributed by atoms with E-state index in [1.54, 1.807) is 48.2 Å². The number of rotatable bonds is 4. The molecule has 1 aliphatic rings. The number of sulfonamides is 1. The first-order valence-electron chi connectivity index (χ1n) is 8.87. The van der Waals surface area contributed by atoms with E-state index >= 15 is 0 Å². The molecular weight excluding hydrogens is 364 g/mol. The molecule has 0 bridgehead atoms. The summed E-state index contributed by atoms with van der Waals surface area (Å²) in [4.78, 5) is 14.6. The van der Waals surface area contributed by atoms with E-state index in [2.05, 4.69) is 4.72 Å². The zero-order chi connectivity index (χ0) is 19.6. The van der Waals surface area contributed by atoms with Crippen molar-refractivity contribution in [3.05, 3.63) is 59.2 Å². The average molecular weight is 388 g/mol. The zero-order valence-corrected chi connectivity index (χ0v) is 16.5. The molecule has 0 spiro atoms. The monoisotopic (exact) mass is 388 g/mol. The van der Waals surface area contributed by atoms with Crippen molar-refractivity contribution < 1.29 is 17.9 Å². The van der Waals surface area contributed by atoms with Gasteiger partial charge in [-0.1, -0.05) is 12.1 Å². The maximum absolute atomic E-state index is 12.7. The van der Waals surface area contributed by atoms with Crippen molar-refractivity contribution in [2.45, 2.75) is 31.8 Å². The van der Waals surface area contributed by atoms with Gasteiger partial charge in [-0.2, -0.15) is 0 Å². The number of carbonyl (C=O) groups is 1. The highest BCUT2D eigenvalue weighted by atomic mass is 32.2. The van der Waals surface area contributed by atoms with Gasteiger partial charge in [0, 0.05) is 24.3 Å². The second-order valence-electron chi connectivity index (χ2n) is 6.88. The van der Waals surface area contributed by atoms with Crippen molar-refractivity contribution >= 4 is 21.6 Å². The predicted molar refractivity (Wildman–Crippen MR) is 104 cm³/mol. The minimum absolute atomic E-state index is 0.0198. The number of amides is 1. The van der Waals surface area contributed by atoms with Gasteiger partial charge in [0.15, 0.2) is 0 Å². The van der Waals surface area contributed by atoms with Crippen molar-refractivity contribution in [2.24, 2.45) is 0 Å². The summed E-state index contributed by atoms with van der Waals surface area (Å²) in [5.41, 5.74) is 2.50. The molecule has 1 atom stereocenters. The van der Waals surface area contributed by atoms with E-state index < -0.39 is 10.0 Å². The summed E-state index contributed by atoms with van der Waals surface area (Å²) < 4.78 is 33.4. The lowest BCUT2D eigenvalue weighted by Crippen LogP contribution is -2.44. The summed E-state index contributed by atoms with van der Waals surface area (Å²) in [7, 11) is -3.69. The number of hydrogen-bond acceptors (Lipinski definition) is 4. The van der Waals surface area contributed by atoms with Crippen LogP contribution in [-0.2, 0) is 14.8 Å². The Morgan fingerprint density at radius 3 is 2.52 bits per heavy atom. The highest BCUT2D eigenvalue weighted by Gasteiger charge is 2.23. The predicted octanol–water partition coefficient (Wildman–Crippen LogP) is 2.97. The molecule has 0 saturated carbocycles. The summed E-state index contributed by atoms with van der Waals surface area (Å²) in [5, 5.41) is 0. The highest BCUT2D eigenvalue weighted by Crippen LogP contribution is 2.21. The Morgan fingerprint density at radius 1 is 1.15 bits per heavy atom. The molecule has 2 aromatic carbocycles. The lowest BCUT2D eigenvalue weighted by atomic mass is 10.1. The first kappa shape index (κ1) is 19.4. The number of hydrogen-bond donors (Lipinski definition) is 1. The summed E-state index contributed by atoms with van der Waals surface area (Å²) in [5.74, 6) is -0.0749. The van der Waals surface area contributed by atoms with Crippen LogP contribution in [0.1, 0.15) is 28.4 Å². The molecule has 3 rings (SSSR count). The number of nitrogens with zero attached hydrogens (tertiary/aromatic N) is 1. The highest BCUT2D eigenvalue weighted by molar-refractivity contribution is 7.92. The first-order chi connectivity index (χ1) is 12.8. The molecule has 1 fully saturated rings. The molecule has 6 nitrogen and oxygen atoms in total. The van der Waals surface area contributed by atoms with Gasteiger partial charge in [-0.25, -0.2) is 8.42 Å². The van der Waals surface area contributed by atoms with Crippen LogP contribution in [0.15, 0.2) is 47.4 Å². The van der Waals surface area contributed by atoms with E-state index in [0.717, 1.165) is 5.56 Å². The fourth-order valence-corrected chi connectivity index (χ4v) is 4.46. The molecular formula is C20H24N2O4S. The van der Waals surface area contributed by atoms with E-state index in [-0.39, 0.29) is 16.9 Å². The molecule has 1 aliphatic heterocycles. The number of aryl methyl sites for hydroxylation is 2. The topological polar surface area (TPSA) is 75.7 Å². The second-order valence-corrected chi connectivity index (χ2v) is 8.54. The van der Waals surface area contributed by atoms with Crippen molar-refractivity contribution in [1.29, 1.82) is 0 Å². The van der Waals surface area contributed by atoms with E-state index in [9.17, 15) is 13.2 Å². The lowest BCUT2D eigenvalue weighted by Gasteiger charge is -2.31. The molecule has 1 amide bonds. The van der Waals surface area contributed by atoms with Gasteiger partial charge in [0.2, 0.25) is 0 Å². The molecule has 1 heterocycles. The third-order valence-corrected chi connectivity index (χ3v) is 6.07. The van der Waals surface area contributed by atoms with Crippen LogP contribution >= 0.6 is 0 Å². The first-order valence-corrected chi connectivity index (χ1v) is 10.4. The fourth-order valence-electron chi connectivity index (χ4n) is 3.07. The Kier molecular flexibility index (Phi) is 5.53. The Bertz CT molecular complexity index is 939. The standard InChI is InChI=1S/C20H24N2O4S/c1-14-4-5-15(2)19(12-14)27(24,25)21-18-8-6-17(7-9-18)20(23)22-10-11-26-16(3)13-22/h4-9,12,16,21H,10-11,13H2,1-3H3. The van der Waals surface area contributed by atoms with Gasteiger partial charge in [0.05, 0.1) is 17.6 Å². The number of morpholine rings is 1. The van der Waals surface area contributed by atoms with Crippen LogP contribution in [0.5, 0.6) is 0 Å². The maximum Gasteiger partial charge on any atom is 0.262 e. The summed E-state index contributed by atoms with van der Waals surface area (Å²) in [6.45, 7) is 7.19. The largest absolute Gasteiger partial charge is 0.375 e. The Balaban J connectivity index is 1.75. The van der Waals surface area contributed by atoms with Gasteiger partial charge in [-0.3, -0.25) is 9.52 Å². The van der Waals surface area contributed by atoms with Gasteiger partial charge in [-0.05, 0) is 62.2 Å². The molecule has 0 aliphatic carbocycles. The number of carbonyl (C=O) groups excluding carboxylic acids is 1. The Morgan fingerprint density at radius 2 is 1.85 bits per heavy atom. The maximum atomic E-state index is 12.7. The summed E-state index contributed by atoms with van der Waals surface area (Å²) in [6.07, 6.45) is 0.0198. The van der Waals surface area contributed by atoms with Crippen molar-refractivity contribution in [2.75, 3.05) is 24.4 Å². The van der Waals surface area contributed by atoms with E-state index in [0.29, 0.717) is 36.5 Å². The van der Waals surface area contributed by atoms with Crippen LogP contribution in [0.25, 0.3) is 0 Å². The van der Waals surface area contributed by atoms with E-state index in [1.807, 2.05) is 19.9 Å². The fraction of sp³-hybridized carbons (Fsp3) is 0.350. The van der Waals surface area contributed by atoms with Crippen LogP contribution in [-0.4, -0.2) is 45.0 Å². The van der Waals surface area contributed by atoms with Crippen LogP contribution in [0.4, 0.5) is 5.69 Å². The molecule has 1 saturated heterocycles. The van der Waals surface area contributed by atoms with E-state index in [4.69, 9.17) is 4.74 Å². The minimum Gasteiger partial charge on any atom is -0.375 e. The molecule has 144 valence electrons. The van der Waals surface area contributed by atoms with Gasteiger partial charge in [0.1, 0.15) is 0 Å². The Hall–Kier alpha value is -2.38. The van der Waals surface area contributed by atoms with Crippen molar-refractivity contribution in [1.82, 2.24) is 4.90 Å². The molecule has 0 radical (unpaired) electrons. The number of ether oxygens (including phenoxy) is 1. The molecule has 1 unspecified atom stereocenters. The van der Waals surface area contributed by atoms with E-state index in [1.165, 1.54) is 0 Å². The average Bonchev–Trinajstić information content (AvgIpc) is 2.63. The molecule has 27 heavy (non-hydrogen) atoms. The van der Waals surface area contributed by atoms with Crippen LogP contribution in [0.3, 0.4) is 0 Å². The Labute approximate surface area is 160 Å². The summed E-state index contributed by atoms with van der Waals surface area (Å²) >= 11 is 0. The molecule has 7 heteroatoms. The van der Waals surface area contributed by atoms with Gasteiger partial charge in [-0.15, -0.1) is 0 Å². The molecule has 0 aromatic heterocycles. The third-order valence-electron chi connectivity index (χ3n) is 4.55. The van der Waals surface area contributed by atoms with Gasteiger partial charge in [0.25, 0.3) is 15.9 Å².